The van der Waals surface area contributed by atoms with Crippen molar-refractivity contribution in [1.82, 2.24) is 10.2 Å². The van der Waals surface area contributed by atoms with Crippen LogP contribution < -0.4 is 10.0 Å². The molecule has 0 spiro atoms. The van der Waals surface area contributed by atoms with E-state index in [2.05, 4.69) is 16.1 Å². The van der Waals surface area contributed by atoms with E-state index < -0.39 is 20.1 Å². The van der Waals surface area contributed by atoms with Gasteiger partial charge in [-0.3, -0.25) is 14.1 Å². The Balaban J connectivity index is 0.000000289. The van der Waals surface area contributed by atoms with Crippen LogP contribution in [-0.4, -0.2) is 63.6 Å². The molecular formula is C25H32N4O6S2. The summed E-state index contributed by atoms with van der Waals surface area (Å²) >= 11 is 0. The number of hydrogen-bond donors (Lipinski definition) is 3. The minimum atomic E-state index is -4.02. The second kappa shape index (κ2) is 12.0. The van der Waals surface area contributed by atoms with Gasteiger partial charge in [0, 0.05) is 6.54 Å². The molecule has 0 radical (unpaired) electrons. The Bertz CT molecular complexity index is 1350. The van der Waals surface area contributed by atoms with Gasteiger partial charge >= 0.3 is 0 Å². The normalized spacial score (nSPS) is 21.6. The van der Waals surface area contributed by atoms with Gasteiger partial charge in [0.05, 0.1) is 28.9 Å². The van der Waals surface area contributed by atoms with Crippen molar-refractivity contribution < 1.29 is 26.2 Å². The molecule has 2 aliphatic heterocycles. The third kappa shape index (κ3) is 8.26. The number of carbonyl (C=O) groups is 1. The molecule has 12 heteroatoms. The van der Waals surface area contributed by atoms with Crippen molar-refractivity contribution in [1.29, 1.82) is 5.26 Å². The zero-order valence-electron chi connectivity index (χ0n) is 20.8. The minimum absolute atomic E-state index is 0.0131. The van der Waals surface area contributed by atoms with Gasteiger partial charge in [0.2, 0.25) is 15.9 Å². The highest BCUT2D eigenvalue weighted by Crippen LogP contribution is 2.27. The Hall–Kier alpha value is -2.98. The van der Waals surface area contributed by atoms with E-state index in [9.17, 15) is 26.9 Å². The quantitative estimate of drug-likeness (QED) is 0.464. The fourth-order valence-electron chi connectivity index (χ4n) is 4.54. The monoisotopic (exact) mass is 548 g/mol. The molecule has 0 aliphatic carbocycles. The molecule has 200 valence electrons. The van der Waals surface area contributed by atoms with Crippen LogP contribution in [0.2, 0.25) is 0 Å². The van der Waals surface area contributed by atoms with Gasteiger partial charge in [-0.1, -0.05) is 35.9 Å². The average Bonchev–Trinajstić information content (AvgIpc) is 3.49. The molecule has 0 bridgehead atoms. The molecule has 0 saturated carbocycles. The SMILES string of the molecule is CS(=O)(=O)Nc1ccccc1C[C@@H]1CN[C@H](C(=O)N2CCC[C@H]2C#N)C1.Cc1ccc(S(=O)(=O)O)cc1. The molecule has 2 aliphatic rings. The van der Waals surface area contributed by atoms with Crippen molar-refractivity contribution in [3.63, 3.8) is 0 Å². The number of para-hydroxylation sites is 1. The molecule has 37 heavy (non-hydrogen) atoms. The van der Waals surface area contributed by atoms with Crippen LogP contribution >= 0.6 is 0 Å². The minimum Gasteiger partial charge on any atom is -0.325 e. The van der Waals surface area contributed by atoms with E-state index in [1.54, 1.807) is 29.2 Å². The van der Waals surface area contributed by atoms with E-state index in [1.807, 2.05) is 19.1 Å². The molecule has 0 unspecified atom stereocenters. The number of sulfonamides is 1. The van der Waals surface area contributed by atoms with Crippen LogP contribution in [0.25, 0.3) is 0 Å². The molecular weight excluding hydrogens is 516 g/mol. The zero-order valence-corrected chi connectivity index (χ0v) is 22.4. The van der Waals surface area contributed by atoms with E-state index in [1.165, 1.54) is 12.1 Å². The van der Waals surface area contributed by atoms with Gasteiger partial charge in [-0.2, -0.15) is 13.7 Å². The van der Waals surface area contributed by atoms with Crippen LogP contribution in [0.5, 0.6) is 0 Å². The van der Waals surface area contributed by atoms with E-state index >= 15 is 0 Å². The Kier molecular flexibility index (Phi) is 9.31. The third-order valence-corrected chi connectivity index (χ3v) is 7.80. The fraction of sp³-hybridized carbons (Fsp3) is 0.440. The topological polar surface area (TPSA) is 157 Å². The molecule has 4 rings (SSSR count). The lowest BCUT2D eigenvalue weighted by molar-refractivity contribution is -0.133. The number of amides is 1. The number of hydrogen-bond acceptors (Lipinski definition) is 7. The maximum atomic E-state index is 12.7. The predicted molar refractivity (Wildman–Crippen MR) is 140 cm³/mol. The molecule has 10 nitrogen and oxygen atoms in total. The number of aryl methyl sites for hydroxylation is 1. The molecule has 2 heterocycles. The van der Waals surface area contributed by atoms with Gasteiger partial charge in [-0.05, 0) is 68.8 Å². The fourth-order valence-corrected chi connectivity index (χ4v) is 5.61. The second-order valence-corrected chi connectivity index (χ2v) is 12.6. The number of anilines is 1. The standard InChI is InChI=1S/C18H24N4O3S.C7H8O3S/c1-26(24,25)21-16-7-3-2-5-14(16)9-13-10-17(20-12-13)18(23)22-8-4-6-15(22)11-19;1-6-2-4-7(5-3-6)11(8,9)10/h2-3,5,7,13,15,17,20-21H,4,6,8-10,12H2,1H3;2-5H,1H3,(H,8,9,10)/t13-,15-,17-;/m0./s1. The maximum Gasteiger partial charge on any atom is 0.294 e. The smallest absolute Gasteiger partial charge is 0.294 e. The molecule has 0 aromatic heterocycles. The Morgan fingerprint density at radius 1 is 1.16 bits per heavy atom. The van der Waals surface area contributed by atoms with Crippen molar-refractivity contribution in [2.24, 2.45) is 5.92 Å². The van der Waals surface area contributed by atoms with E-state index in [4.69, 9.17) is 4.55 Å². The number of nitrogens with one attached hydrogen (secondary N) is 2. The largest absolute Gasteiger partial charge is 0.325 e. The van der Waals surface area contributed by atoms with Crippen molar-refractivity contribution in [2.75, 3.05) is 24.1 Å². The summed E-state index contributed by atoms with van der Waals surface area (Å²) < 4.78 is 55.2. The third-order valence-electron chi connectivity index (χ3n) is 6.35. The van der Waals surface area contributed by atoms with E-state index in [-0.39, 0.29) is 28.8 Å². The highest BCUT2D eigenvalue weighted by atomic mass is 32.2. The molecule has 3 N–H and O–H groups in total. The van der Waals surface area contributed by atoms with Gasteiger partial charge in [0.1, 0.15) is 6.04 Å². The average molecular weight is 549 g/mol. The summed E-state index contributed by atoms with van der Waals surface area (Å²) in [6.45, 7) is 3.20. The summed E-state index contributed by atoms with van der Waals surface area (Å²) in [4.78, 5) is 14.3. The number of carbonyl (C=O) groups excluding carboxylic acids is 1. The van der Waals surface area contributed by atoms with Crippen molar-refractivity contribution in [3.05, 3.63) is 59.7 Å². The first-order chi connectivity index (χ1) is 17.4. The lowest BCUT2D eigenvalue weighted by Crippen LogP contribution is -2.45. The number of nitrogens with zero attached hydrogens (tertiary/aromatic N) is 2. The molecule has 1 amide bonds. The number of benzene rings is 2. The molecule has 2 fully saturated rings. The van der Waals surface area contributed by atoms with Crippen LogP contribution in [0.4, 0.5) is 5.69 Å². The lowest BCUT2D eigenvalue weighted by Gasteiger charge is -2.23. The van der Waals surface area contributed by atoms with Crippen LogP contribution in [0, 0.1) is 24.2 Å². The van der Waals surface area contributed by atoms with Gasteiger partial charge in [-0.15, -0.1) is 0 Å². The van der Waals surface area contributed by atoms with Crippen LogP contribution in [0.3, 0.4) is 0 Å². The Morgan fingerprint density at radius 3 is 2.46 bits per heavy atom. The zero-order chi connectivity index (χ0) is 27.2. The van der Waals surface area contributed by atoms with E-state index in [0.29, 0.717) is 31.6 Å². The molecule has 2 saturated heterocycles. The highest BCUT2D eigenvalue weighted by Gasteiger charge is 2.37. The van der Waals surface area contributed by atoms with Crippen LogP contribution in [-0.2, 0) is 31.4 Å². The van der Waals surface area contributed by atoms with Crippen molar-refractivity contribution in [3.8, 4) is 6.07 Å². The van der Waals surface area contributed by atoms with Crippen molar-refractivity contribution in [2.45, 2.75) is 49.6 Å². The first-order valence-electron chi connectivity index (χ1n) is 11.9. The van der Waals surface area contributed by atoms with Crippen molar-refractivity contribution >= 4 is 31.7 Å². The first-order valence-corrected chi connectivity index (χ1v) is 15.2. The maximum absolute atomic E-state index is 12.7. The number of likely N-dealkylation sites (tertiary alicyclic amines) is 1. The highest BCUT2D eigenvalue weighted by molar-refractivity contribution is 7.92. The van der Waals surface area contributed by atoms with Crippen LogP contribution in [0.1, 0.15) is 30.4 Å². The summed E-state index contributed by atoms with van der Waals surface area (Å²) in [5.74, 6) is 0.258. The molecule has 2 aromatic carbocycles. The molecule has 2 aromatic rings. The summed E-state index contributed by atoms with van der Waals surface area (Å²) in [5.41, 5.74) is 2.47. The number of rotatable bonds is 6. The Morgan fingerprint density at radius 2 is 1.84 bits per heavy atom. The van der Waals surface area contributed by atoms with Crippen LogP contribution in [0.15, 0.2) is 53.4 Å². The summed E-state index contributed by atoms with van der Waals surface area (Å²) in [6.07, 6.45) is 4.16. The second-order valence-electron chi connectivity index (χ2n) is 9.40. The summed E-state index contributed by atoms with van der Waals surface area (Å²) in [6, 6.07) is 15.0. The Labute approximate surface area is 218 Å². The molecule has 3 atom stereocenters. The summed E-state index contributed by atoms with van der Waals surface area (Å²) in [5, 5.41) is 12.5. The van der Waals surface area contributed by atoms with Gasteiger partial charge < -0.3 is 10.2 Å². The predicted octanol–water partition coefficient (Wildman–Crippen LogP) is 2.34. The first kappa shape index (κ1) is 28.6. The van der Waals surface area contributed by atoms with Gasteiger partial charge in [0.25, 0.3) is 10.1 Å². The van der Waals surface area contributed by atoms with Gasteiger partial charge in [-0.25, -0.2) is 8.42 Å². The van der Waals surface area contributed by atoms with Gasteiger partial charge in [0.15, 0.2) is 0 Å². The van der Waals surface area contributed by atoms with E-state index in [0.717, 1.165) is 30.2 Å². The lowest BCUT2D eigenvalue weighted by atomic mass is 9.95. The number of nitriles is 1. The summed E-state index contributed by atoms with van der Waals surface area (Å²) in [7, 11) is -7.35.